The van der Waals surface area contributed by atoms with Crippen LogP contribution < -0.4 is 14.2 Å². The SMILES string of the molecule is CCCCCCCCOc1cc(C(C)(C)c2ccccc2)c(OCCCCCCCC)cc1-c1ccc2c3ccc(C(C)(C)c4ccccc4)cc3c3c(nc(-c4c(OCCCCCC)ccc5ccccc45)n3CCCCCC)c2c1. The summed E-state index contributed by atoms with van der Waals surface area (Å²) in [5.74, 6) is 3.71. The van der Waals surface area contributed by atoms with Crippen LogP contribution in [0.25, 0.3) is 65.9 Å². The van der Waals surface area contributed by atoms with E-state index in [1.807, 2.05) is 0 Å². The summed E-state index contributed by atoms with van der Waals surface area (Å²) in [5, 5.41) is 7.14. The molecular weight excluding hydrogens is 1000 g/mol. The predicted octanol–water partition coefficient (Wildman–Crippen LogP) is 22.5. The highest BCUT2D eigenvalue weighted by atomic mass is 16.5. The predicted molar refractivity (Wildman–Crippen MR) is 352 cm³/mol. The quantitative estimate of drug-likeness (QED) is 0.0304. The van der Waals surface area contributed by atoms with E-state index >= 15 is 0 Å². The maximum absolute atomic E-state index is 7.12. The molecule has 0 amide bonds. The molecule has 5 nitrogen and oxygen atoms in total. The number of unbranched alkanes of at least 4 members (excludes halogenated alkanes) is 16. The number of aromatic nitrogens is 2. The van der Waals surface area contributed by atoms with Gasteiger partial charge in [-0.05, 0) is 99.8 Å². The minimum atomic E-state index is -0.350. The molecule has 0 aliphatic heterocycles. The maximum atomic E-state index is 7.12. The van der Waals surface area contributed by atoms with Crippen molar-refractivity contribution in [3.63, 3.8) is 0 Å². The van der Waals surface area contributed by atoms with Gasteiger partial charge in [-0.25, -0.2) is 4.98 Å². The highest BCUT2D eigenvalue weighted by molar-refractivity contribution is 6.25. The maximum Gasteiger partial charge on any atom is 0.145 e. The second-order valence-electron chi connectivity index (χ2n) is 24.5. The molecule has 0 N–H and O–H groups in total. The van der Waals surface area contributed by atoms with Gasteiger partial charge >= 0.3 is 0 Å². The molecule has 8 aromatic carbocycles. The number of aryl methyl sites for hydroxylation is 1. The lowest BCUT2D eigenvalue weighted by molar-refractivity contribution is 0.291. The molecule has 82 heavy (non-hydrogen) atoms. The monoisotopic (exact) mass is 1100 g/mol. The molecule has 0 spiro atoms. The molecule has 0 fully saturated rings. The Balaban J connectivity index is 1.30. The van der Waals surface area contributed by atoms with Crippen molar-refractivity contribution in [2.24, 2.45) is 0 Å². The molecule has 5 heteroatoms. The number of nitrogens with zero attached hydrogens (tertiary/aromatic N) is 2. The van der Waals surface area contributed by atoms with Crippen LogP contribution in [0.1, 0.15) is 206 Å². The Hall–Kier alpha value is -6.59. The van der Waals surface area contributed by atoms with Crippen molar-refractivity contribution in [2.75, 3.05) is 19.8 Å². The van der Waals surface area contributed by atoms with Crippen LogP contribution >= 0.6 is 0 Å². The summed E-state index contributed by atoms with van der Waals surface area (Å²) < 4.78 is 23.7. The molecular formula is C77H96N2O3. The summed E-state index contributed by atoms with van der Waals surface area (Å²) >= 11 is 0. The number of hydrogen-bond donors (Lipinski definition) is 0. The lowest BCUT2D eigenvalue weighted by Crippen LogP contribution is -2.21. The summed E-state index contributed by atoms with van der Waals surface area (Å²) in [6.07, 6.45) is 23.6. The highest BCUT2D eigenvalue weighted by Gasteiger charge is 2.31. The number of fused-ring (bicyclic) bond motifs is 7. The van der Waals surface area contributed by atoms with Crippen LogP contribution in [0.5, 0.6) is 17.2 Å². The number of imidazole rings is 1. The zero-order chi connectivity index (χ0) is 57.3. The van der Waals surface area contributed by atoms with Crippen LogP contribution in [0.4, 0.5) is 0 Å². The van der Waals surface area contributed by atoms with E-state index in [2.05, 4.69) is 206 Å². The summed E-state index contributed by atoms with van der Waals surface area (Å²) in [4.78, 5) is 6.03. The first-order valence-corrected chi connectivity index (χ1v) is 32.2. The van der Waals surface area contributed by atoms with Crippen LogP contribution in [-0.2, 0) is 17.4 Å². The normalized spacial score (nSPS) is 12.1. The first-order chi connectivity index (χ1) is 40.1. The molecule has 0 unspecified atom stereocenters. The third-order valence-electron chi connectivity index (χ3n) is 17.7. The fourth-order valence-corrected chi connectivity index (χ4v) is 12.5. The van der Waals surface area contributed by atoms with Crippen LogP contribution in [0.2, 0.25) is 0 Å². The van der Waals surface area contributed by atoms with Crippen molar-refractivity contribution in [2.45, 2.75) is 201 Å². The molecule has 1 heterocycles. The lowest BCUT2D eigenvalue weighted by Gasteiger charge is -2.30. The number of benzene rings is 8. The van der Waals surface area contributed by atoms with Gasteiger partial charge in [0.1, 0.15) is 23.1 Å². The molecule has 9 aromatic rings. The highest BCUT2D eigenvalue weighted by Crippen LogP contribution is 2.48. The van der Waals surface area contributed by atoms with Gasteiger partial charge < -0.3 is 18.8 Å². The minimum absolute atomic E-state index is 0.244. The molecule has 0 saturated carbocycles. The average Bonchev–Trinajstić information content (AvgIpc) is 2.97. The second kappa shape index (κ2) is 29.1. The van der Waals surface area contributed by atoms with E-state index in [0.29, 0.717) is 19.8 Å². The number of hydrogen-bond acceptors (Lipinski definition) is 4. The van der Waals surface area contributed by atoms with E-state index in [-0.39, 0.29) is 10.8 Å². The van der Waals surface area contributed by atoms with Crippen molar-refractivity contribution in [3.8, 4) is 39.8 Å². The number of ether oxygens (including phenoxy) is 3. The van der Waals surface area contributed by atoms with Gasteiger partial charge in [0.05, 0.1) is 36.4 Å². The van der Waals surface area contributed by atoms with Gasteiger partial charge in [-0.3, -0.25) is 0 Å². The van der Waals surface area contributed by atoms with Gasteiger partial charge in [-0.2, -0.15) is 0 Å². The van der Waals surface area contributed by atoms with Crippen molar-refractivity contribution < 1.29 is 14.2 Å². The van der Waals surface area contributed by atoms with Crippen molar-refractivity contribution >= 4 is 43.4 Å². The molecule has 1 aromatic heterocycles. The summed E-state index contributed by atoms with van der Waals surface area (Å²) in [6.45, 7) is 21.4. The van der Waals surface area contributed by atoms with E-state index in [0.717, 1.165) is 113 Å². The van der Waals surface area contributed by atoms with Crippen LogP contribution in [0, 0.1) is 0 Å². The Morgan fingerprint density at radius 1 is 0.390 bits per heavy atom. The second-order valence-corrected chi connectivity index (χ2v) is 24.5. The Bertz CT molecular complexity index is 3460. The van der Waals surface area contributed by atoms with Crippen LogP contribution in [-0.4, -0.2) is 29.4 Å². The van der Waals surface area contributed by atoms with E-state index in [4.69, 9.17) is 19.2 Å². The van der Waals surface area contributed by atoms with Gasteiger partial charge in [-0.15, -0.1) is 0 Å². The first kappa shape index (κ1) is 60.0. The minimum Gasteiger partial charge on any atom is -0.493 e. The molecule has 0 aliphatic carbocycles. The zero-order valence-electron chi connectivity index (χ0n) is 51.4. The van der Waals surface area contributed by atoms with Gasteiger partial charge in [0.15, 0.2) is 0 Å². The van der Waals surface area contributed by atoms with Gasteiger partial charge in [-0.1, -0.05) is 273 Å². The van der Waals surface area contributed by atoms with E-state index < -0.39 is 0 Å². The number of rotatable bonds is 33. The smallest absolute Gasteiger partial charge is 0.145 e. The zero-order valence-corrected chi connectivity index (χ0v) is 51.4. The Morgan fingerprint density at radius 3 is 1.56 bits per heavy atom. The van der Waals surface area contributed by atoms with Gasteiger partial charge in [0.2, 0.25) is 0 Å². The average molecular weight is 1100 g/mol. The largest absolute Gasteiger partial charge is 0.493 e. The third kappa shape index (κ3) is 13.9. The third-order valence-corrected chi connectivity index (χ3v) is 17.7. The van der Waals surface area contributed by atoms with E-state index in [1.165, 1.54) is 127 Å². The first-order valence-electron chi connectivity index (χ1n) is 32.2. The molecule has 0 saturated heterocycles. The molecule has 0 aliphatic rings. The Labute approximate surface area is 493 Å². The topological polar surface area (TPSA) is 45.5 Å². The summed E-state index contributed by atoms with van der Waals surface area (Å²) in [6, 6.07) is 54.2. The molecule has 0 atom stereocenters. The standard InChI is InChI=1S/C77H96N2O3/c1-9-13-17-21-23-35-51-81-70-56-68(77(7,8)60-40-29-26-30-41-60)71(82-52-36-24-22-18-14-10-2)55-65(70)58-43-46-63-64-47-45-61(76(5,6)59-38-27-25-28-39-59)54-67(64)74-73(66(63)53-58)78-75(79(74)49-33-19-15-11-3)72-62-42-32-31-37-57(62)44-48-69(72)80-50-34-20-16-12-4/h25-32,37-48,53-56H,9-24,33-36,49-52H2,1-8H3. The fraction of sp³-hybridized carbons (Fsp3) is 0.442. The Kier molecular flexibility index (Phi) is 21.3. The van der Waals surface area contributed by atoms with E-state index in [9.17, 15) is 0 Å². The van der Waals surface area contributed by atoms with Gasteiger partial charge in [0, 0.05) is 39.3 Å². The molecule has 432 valence electrons. The lowest BCUT2D eigenvalue weighted by atomic mass is 9.77. The van der Waals surface area contributed by atoms with Crippen LogP contribution in [0.3, 0.4) is 0 Å². The summed E-state index contributed by atoms with van der Waals surface area (Å²) in [5.41, 5.74) is 9.81. The van der Waals surface area contributed by atoms with Gasteiger partial charge in [0.25, 0.3) is 0 Å². The van der Waals surface area contributed by atoms with Crippen molar-refractivity contribution in [1.82, 2.24) is 9.55 Å². The van der Waals surface area contributed by atoms with E-state index in [1.54, 1.807) is 0 Å². The molecule has 0 radical (unpaired) electrons. The summed E-state index contributed by atoms with van der Waals surface area (Å²) in [7, 11) is 0. The fourth-order valence-electron chi connectivity index (χ4n) is 12.5. The van der Waals surface area contributed by atoms with Crippen molar-refractivity contribution in [1.29, 1.82) is 0 Å². The molecule has 9 rings (SSSR count). The molecule has 0 bridgehead atoms. The van der Waals surface area contributed by atoms with Crippen molar-refractivity contribution in [3.05, 3.63) is 168 Å². The Morgan fingerprint density at radius 2 is 0.915 bits per heavy atom. The van der Waals surface area contributed by atoms with Crippen LogP contribution in [0.15, 0.2) is 146 Å².